The Balaban J connectivity index is 1.78. The molecule has 2 fully saturated rings. The number of rotatable bonds is 3. The lowest BCUT2D eigenvalue weighted by molar-refractivity contribution is -0.123. The zero-order valence-corrected chi connectivity index (χ0v) is 11.8. The first-order valence-electron chi connectivity index (χ1n) is 6.96. The van der Waals surface area contributed by atoms with Gasteiger partial charge in [0.2, 0.25) is 5.91 Å². The number of hydrogen-bond donors (Lipinski definition) is 1. The zero-order valence-electron chi connectivity index (χ0n) is 11.0. The minimum atomic E-state index is -2.86. The summed E-state index contributed by atoms with van der Waals surface area (Å²) < 4.78 is 22.7. The standard InChI is InChI=1S/C13H23NO3S/c1-10-4-2-3-5-12(10)14-13(15)8-11-6-7-18(16,17)9-11/h10-12H,2-9H2,1H3,(H,14,15). The average Bonchev–Trinajstić information content (AvgIpc) is 2.61. The molecule has 1 amide bonds. The van der Waals surface area contributed by atoms with Crippen molar-refractivity contribution in [1.82, 2.24) is 5.32 Å². The molecule has 104 valence electrons. The molecule has 2 rings (SSSR count). The summed E-state index contributed by atoms with van der Waals surface area (Å²) in [6, 6.07) is 0.296. The number of hydrogen-bond acceptors (Lipinski definition) is 3. The number of sulfone groups is 1. The topological polar surface area (TPSA) is 63.2 Å². The van der Waals surface area contributed by atoms with Crippen LogP contribution >= 0.6 is 0 Å². The van der Waals surface area contributed by atoms with Crippen molar-refractivity contribution in [2.24, 2.45) is 11.8 Å². The van der Waals surface area contributed by atoms with E-state index in [4.69, 9.17) is 0 Å². The van der Waals surface area contributed by atoms with Gasteiger partial charge in [0.05, 0.1) is 11.5 Å². The van der Waals surface area contributed by atoms with Crippen molar-refractivity contribution < 1.29 is 13.2 Å². The van der Waals surface area contributed by atoms with Crippen LogP contribution in [-0.4, -0.2) is 31.9 Å². The lowest BCUT2D eigenvalue weighted by atomic mass is 9.86. The fraction of sp³-hybridized carbons (Fsp3) is 0.923. The first kappa shape index (κ1) is 13.8. The van der Waals surface area contributed by atoms with Crippen LogP contribution in [-0.2, 0) is 14.6 Å². The van der Waals surface area contributed by atoms with Crippen LogP contribution in [0.5, 0.6) is 0 Å². The van der Waals surface area contributed by atoms with Crippen molar-refractivity contribution >= 4 is 15.7 Å². The molecule has 1 N–H and O–H groups in total. The van der Waals surface area contributed by atoms with Gasteiger partial charge in [-0.05, 0) is 31.1 Å². The van der Waals surface area contributed by atoms with Gasteiger partial charge in [0, 0.05) is 12.5 Å². The van der Waals surface area contributed by atoms with Crippen molar-refractivity contribution in [3.63, 3.8) is 0 Å². The van der Waals surface area contributed by atoms with E-state index in [1.54, 1.807) is 0 Å². The van der Waals surface area contributed by atoms with Crippen molar-refractivity contribution in [1.29, 1.82) is 0 Å². The average molecular weight is 273 g/mol. The molecule has 0 aromatic carbocycles. The highest BCUT2D eigenvalue weighted by Crippen LogP contribution is 2.25. The van der Waals surface area contributed by atoms with Gasteiger partial charge in [0.15, 0.2) is 9.84 Å². The highest BCUT2D eigenvalue weighted by molar-refractivity contribution is 7.91. The van der Waals surface area contributed by atoms with Gasteiger partial charge in [-0.2, -0.15) is 0 Å². The van der Waals surface area contributed by atoms with Crippen molar-refractivity contribution in [3.05, 3.63) is 0 Å². The summed E-state index contributed by atoms with van der Waals surface area (Å²) in [6.07, 6.45) is 5.72. The number of carbonyl (C=O) groups is 1. The van der Waals surface area contributed by atoms with Crippen LogP contribution in [0.4, 0.5) is 0 Å². The SMILES string of the molecule is CC1CCCCC1NC(=O)CC1CCS(=O)(=O)C1. The van der Waals surface area contributed by atoms with Gasteiger partial charge in [0.1, 0.15) is 0 Å². The van der Waals surface area contributed by atoms with E-state index >= 15 is 0 Å². The van der Waals surface area contributed by atoms with Crippen LogP contribution in [0, 0.1) is 11.8 Å². The Morgan fingerprint density at radius 2 is 1.94 bits per heavy atom. The summed E-state index contributed by atoms with van der Waals surface area (Å²) in [7, 11) is -2.86. The molecule has 1 aliphatic carbocycles. The van der Waals surface area contributed by atoms with Gasteiger partial charge >= 0.3 is 0 Å². The maximum atomic E-state index is 11.9. The number of amides is 1. The van der Waals surface area contributed by atoms with E-state index in [2.05, 4.69) is 12.2 Å². The van der Waals surface area contributed by atoms with Gasteiger partial charge in [-0.15, -0.1) is 0 Å². The van der Waals surface area contributed by atoms with E-state index in [0.29, 0.717) is 24.8 Å². The third kappa shape index (κ3) is 3.70. The third-order valence-corrected chi connectivity index (χ3v) is 6.10. The van der Waals surface area contributed by atoms with Crippen LogP contribution in [0.1, 0.15) is 45.4 Å². The molecule has 3 unspecified atom stereocenters. The molecule has 1 saturated heterocycles. The Morgan fingerprint density at radius 1 is 1.22 bits per heavy atom. The van der Waals surface area contributed by atoms with Gasteiger partial charge in [-0.3, -0.25) is 4.79 Å². The summed E-state index contributed by atoms with van der Waals surface area (Å²) in [5.41, 5.74) is 0. The molecule has 2 aliphatic rings. The van der Waals surface area contributed by atoms with Gasteiger partial charge in [0.25, 0.3) is 0 Å². The van der Waals surface area contributed by atoms with Gasteiger partial charge in [-0.25, -0.2) is 8.42 Å². The van der Waals surface area contributed by atoms with E-state index < -0.39 is 9.84 Å². The predicted octanol–water partition coefficient (Wildman–Crippen LogP) is 1.51. The molecule has 0 aromatic heterocycles. The molecule has 1 saturated carbocycles. The van der Waals surface area contributed by atoms with Gasteiger partial charge in [-0.1, -0.05) is 19.8 Å². The molecular weight excluding hydrogens is 250 g/mol. The van der Waals surface area contributed by atoms with E-state index in [1.165, 1.54) is 19.3 Å². The highest BCUT2D eigenvalue weighted by atomic mass is 32.2. The van der Waals surface area contributed by atoms with E-state index in [1.807, 2.05) is 0 Å². The minimum Gasteiger partial charge on any atom is -0.353 e. The molecule has 18 heavy (non-hydrogen) atoms. The molecule has 0 aromatic rings. The number of carbonyl (C=O) groups excluding carboxylic acids is 1. The summed E-state index contributed by atoms with van der Waals surface area (Å²) >= 11 is 0. The Hall–Kier alpha value is -0.580. The maximum Gasteiger partial charge on any atom is 0.220 e. The summed E-state index contributed by atoms with van der Waals surface area (Å²) in [5, 5.41) is 3.09. The molecular formula is C13H23NO3S. The Bertz CT molecular complexity index is 404. The normalized spacial score (nSPS) is 35.3. The lowest BCUT2D eigenvalue weighted by Crippen LogP contribution is -2.41. The van der Waals surface area contributed by atoms with Crippen molar-refractivity contribution in [3.8, 4) is 0 Å². The molecule has 5 heteroatoms. The van der Waals surface area contributed by atoms with Crippen LogP contribution in [0.25, 0.3) is 0 Å². The fourth-order valence-electron chi connectivity index (χ4n) is 3.09. The van der Waals surface area contributed by atoms with E-state index in [-0.39, 0.29) is 23.3 Å². The molecule has 0 spiro atoms. The van der Waals surface area contributed by atoms with Crippen LogP contribution in [0.2, 0.25) is 0 Å². The Kier molecular flexibility index (Phi) is 4.30. The first-order valence-corrected chi connectivity index (χ1v) is 8.78. The van der Waals surface area contributed by atoms with Crippen LogP contribution in [0.3, 0.4) is 0 Å². The molecule has 0 radical (unpaired) electrons. The van der Waals surface area contributed by atoms with E-state index in [9.17, 15) is 13.2 Å². The monoisotopic (exact) mass is 273 g/mol. The zero-order chi connectivity index (χ0) is 13.2. The molecule has 0 bridgehead atoms. The van der Waals surface area contributed by atoms with Gasteiger partial charge < -0.3 is 5.32 Å². The molecule has 1 heterocycles. The predicted molar refractivity (Wildman–Crippen MR) is 70.9 cm³/mol. The van der Waals surface area contributed by atoms with Crippen LogP contribution < -0.4 is 5.32 Å². The van der Waals surface area contributed by atoms with E-state index in [0.717, 1.165) is 6.42 Å². The highest BCUT2D eigenvalue weighted by Gasteiger charge is 2.30. The summed E-state index contributed by atoms with van der Waals surface area (Å²) in [6.45, 7) is 2.18. The number of nitrogens with one attached hydrogen (secondary N) is 1. The largest absolute Gasteiger partial charge is 0.353 e. The van der Waals surface area contributed by atoms with Crippen molar-refractivity contribution in [2.45, 2.75) is 51.5 Å². The smallest absolute Gasteiger partial charge is 0.220 e. The Morgan fingerprint density at radius 3 is 2.56 bits per heavy atom. The van der Waals surface area contributed by atoms with Crippen molar-refractivity contribution in [2.75, 3.05) is 11.5 Å². The second-order valence-electron chi connectivity index (χ2n) is 5.91. The second kappa shape index (κ2) is 5.59. The molecule has 1 aliphatic heterocycles. The fourth-order valence-corrected chi connectivity index (χ4v) is 4.95. The van der Waals surface area contributed by atoms with Crippen LogP contribution in [0.15, 0.2) is 0 Å². The maximum absolute atomic E-state index is 11.9. The summed E-state index contributed by atoms with van der Waals surface area (Å²) in [5.74, 6) is 1.07. The quantitative estimate of drug-likeness (QED) is 0.847. The second-order valence-corrected chi connectivity index (χ2v) is 8.14. The first-order chi connectivity index (χ1) is 8.46. The summed E-state index contributed by atoms with van der Waals surface area (Å²) in [4.78, 5) is 11.9. The lowest BCUT2D eigenvalue weighted by Gasteiger charge is -2.29. The molecule has 3 atom stereocenters. The third-order valence-electron chi connectivity index (χ3n) is 4.26. The molecule has 4 nitrogen and oxygen atoms in total. The Labute approximate surface area is 109 Å². The minimum absolute atomic E-state index is 0.0360.